The van der Waals surface area contributed by atoms with Gasteiger partial charge in [0.2, 0.25) is 0 Å². The van der Waals surface area contributed by atoms with Crippen LogP contribution in [-0.2, 0) is 6.42 Å². The normalized spacial score (nSPS) is 13.5. The van der Waals surface area contributed by atoms with Gasteiger partial charge in [0.25, 0.3) is 0 Å². The molecule has 0 bridgehead atoms. The number of benzene rings is 2. The zero-order chi connectivity index (χ0) is 13.5. The molecule has 0 unspecified atom stereocenters. The van der Waals surface area contributed by atoms with E-state index < -0.39 is 0 Å². The third-order valence-corrected chi connectivity index (χ3v) is 3.10. The zero-order valence-electron chi connectivity index (χ0n) is 11.1. The molecule has 0 saturated carbocycles. The molecule has 2 nitrogen and oxygen atoms in total. The van der Waals surface area contributed by atoms with Gasteiger partial charge in [-0.05, 0) is 24.5 Å². The van der Waals surface area contributed by atoms with Gasteiger partial charge in [-0.1, -0.05) is 60.7 Å². The lowest BCUT2D eigenvalue weighted by Crippen LogP contribution is -2.31. The minimum atomic E-state index is -0.250. The molecule has 0 heterocycles. The fourth-order valence-corrected chi connectivity index (χ4v) is 2.16. The third-order valence-electron chi connectivity index (χ3n) is 3.10. The van der Waals surface area contributed by atoms with Gasteiger partial charge in [-0.15, -0.1) is 0 Å². The van der Waals surface area contributed by atoms with Crippen LogP contribution in [0.15, 0.2) is 60.7 Å². The first-order valence-electron chi connectivity index (χ1n) is 6.54. The number of hydrogen-bond donors (Lipinski definition) is 1. The summed E-state index contributed by atoms with van der Waals surface area (Å²) < 4.78 is 0. The Bertz CT molecular complexity index is 528. The summed E-state index contributed by atoms with van der Waals surface area (Å²) in [7, 11) is 0. The molecule has 96 valence electrons. The fourth-order valence-electron chi connectivity index (χ4n) is 2.16. The van der Waals surface area contributed by atoms with Gasteiger partial charge >= 0.3 is 0 Å². The van der Waals surface area contributed by atoms with Crippen LogP contribution in [0.1, 0.15) is 24.1 Å². The van der Waals surface area contributed by atoms with E-state index in [2.05, 4.69) is 30.4 Å². The quantitative estimate of drug-likeness (QED) is 0.882. The Labute approximate surface area is 114 Å². The van der Waals surface area contributed by atoms with Crippen LogP contribution in [0.4, 0.5) is 0 Å². The first-order chi connectivity index (χ1) is 9.29. The molecule has 0 amide bonds. The molecule has 1 N–H and O–H groups in total. The second-order valence-corrected chi connectivity index (χ2v) is 4.73. The first kappa shape index (κ1) is 13.3. The molecule has 2 atom stereocenters. The molecule has 0 saturated heterocycles. The maximum atomic E-state index is 9.28. The van der Waals surface area contributed by atoms with E-state index in [-0.39, 0.29) is 12.1 Å². The van der Waals surface area contributed by atoms with Crippen molar-refractivity contribution in [1.82, 2.24) is 5.32 Å². The topological polar surface area (TPSA) is 35.8 Å². The Balaban J connectivity index is 1.98. The Morgan fingerprint density at radius 3 is 2.16 bits per heavy atom. The highest BCUT2D eigenvalue weighted by molar-refractivity contribution is 5.24. The Morgan fingerprint density at radius 2 is 1.58 bits per heavy atom. The van der Waals surface area contributed by atoms with Gasteiger partial charge in [0.15, 0.2) is 0 Å². The van der Waals surface area contributed by atoms with E-state index in [1.54, 1.807) is 0 Å². The van der Waals surface area contributed by atoms with Gasteiger partial charge < -0.3 is 0 Å². The van der Waals surface area contributed by atoms with E-state index in [1.165, 1.54) is 5.56 Å². The lowest BCUT2D eigenvalue weighted by atomic mass is 10.0. The highest BCUT2D eigenvalue weighted by atomic mass is 14.9. The smallest absolute Gasteiger partial charge is 0.121 e. The highest BCUT2D eigenvalue weighted by Crippen LogP contribution is 2.13. The number of hydrogen-bond acceptors (Lipinski definition) is 2. The van der Waals surface area contributed by atoms with Crippen LogP contribution in [0.5, 0.6) is 0 Å². The summed E-state index contributed by atoms with van der Waals surface area (Å²) in [6.07, 6.45) is 0.922. The Kier molecular flexibility index (Phi) is 4.72. The summed E-state index contributed by atoms with van der Waals surface area (Å²) in [6.45, 7) is 2.11. The van der Waals surface area contributed by atoms with Crippen molar-refractivity contribution in [3.8, 4) is 6.07 Å². The second-order valence-electron chi connectivity index (χ2n) is 4.73. The van der Waals surface area contributed by atoms with Gasteiger partial charge in [0.1, 0.15) is 6.04 Å². The SMILES string of the molecule is C[C@H](Cc1ccccc1)N[C@H](C#N)c1ccccc1. The minimum Gasteiger partial charge on any atom is -0.295 e. The third kappa shape index (κ3) is 3.94. The van der Waals surface area contributed by atoms with Crippen LogP contribution in [-0.4, -0.2) is 6.04 Å². The molecule has 2 aromatic carbocycles. The van der Waals surface area contributed by atoms with Gasteiger partial charge in [-0.2, -0.15) is 5.26 Å². The molecule has 0 spiro atoms. The number of nitriles is 1. The van der Waals surface area contributed by atoms with Gasteiger partial charge in [-0.3, -0.25) is 5.32 Å². The molecule has 0 fully saturated rings. The van der Waals surface area contributed by atoms with E-state index in [1.807, 2.05) is 48.5 Å². The van der Waals surface area contributed by atoms with Crippen LogP contribution in [0.25, 0.3) is 0 Å². The number of rotatable bonds is 5. The predicted molar refractivity (Wildman–Crippen MR) is 77.5 cm³/mol. The number of nitrogens with zero attached hydrogens (tertiary/aromatic N) is 1. The first-order valence-corrected chi connectivity index (χ1v) is 6.54. The van der Waals surface area contributed by atoms with Crippen LogP contribution in [0.2, 0.25) is 0 Å². The molecule has 0 radical (unpaired) electrons. The van der Waals surface area contributed by atoms with Crippen LogP contribution < -0.4 is 5.32 Å². The van der Waals surface area contributed by atoms with Crippen molar-refractivity contribution in [3.05, 3.63) is 71.8 Å². The van der Waals surface area contributed by atoms with Crippen LogP contribution >= 0.6 is 0 Å². The van der Waals surface area contributed by atoms with Gasteiger partial charge in [0.05, 0.1) is 6.07 Å². The average Bonchev–Trinajstić information content (AvgIpc) is 2.47. The molecule has 2 rings (SSSR count). The Morgan fingerprint density at radius 1 is 1.00 bits per heavy atom. The van der Waals surface area contributed by atoms with E-state index in [0.29, 0.717) is 0 Å². The van der Waals surface area contributed by atoms with Crippen molar-refractivity contribution in [1.29, 1.82) is 5.26 Å². The van der Waals surface area contributed by atoms with Crippen molar-refractivity contribution < 1.29 is 0 Å². The van der Waals surface area contributed by atoms with E-state index >= 15 is 0 Å². The van der Waals surface area contributed by atoms with Crippen molar-refractivity contribution in [2.24, 2.45) is 0 Å². The largest absolute Gasteiger partial charge is 0.295 e. The zero-order valence-corrected chi connectivity index (χ0v) is 11.1. The lowest BCUT2D eigenvalue weighted by Gasteiger charge is -2.18. The molecule has 2 aromatic rings. The van der Waals surface area contributed by atoms with Crippen LogP contribution in [0, 0.1) is 11.3 Å². The summed E-state index contributed by atoms with van der Waals surface area (Å²) in [5.74, 6) is 0. The Hall–Kier alpha value is -2.11. The maximum Gasteiger partial charge on any atom is 0.121 e. The van der Waals surface area contributed by atoms with Gasteiger partial charge in [0, 0.05) is 6.04 Å². The molecule has 19 heavy (non-hydrogen) atoms. The summed E-state index contributed by atoms with van der Waals surface area (Å²) in [5, 5.41) is 12.7. The summed E-state index contributed by atoms with van der Waals surface area (Å²) in [5.41, 5.74) is 2.30. The van der Waals surface area contributed by atoms with Crippen molar-refractivity contribution in [2.75, 3.05) is 0 Å². The van der Waals surface area contributed by atoms with Crippen molar-refractivity contribution in [3.63, 3.8) is 0 Å². The monoisotopic (exact) mass is 250 g/mol. The van der Waals surface area contributed by atoms with Crippen molar-refractivity contribution >= 4 is 0 Å². The highest BCUT2D eigenvalue weighted by Gasteiger charge is 2.13. The lowest BCUT2D eigenvalue weighted by molar-refractivity contribution is 0.510. The molecule has 2 heteroatoms. The second kappa shape index (κ2) is 6.72. The molecular weight excluding hydrogens is 232 g/mol. The minimum absolute atomic E-state index is 0.250. The van der Waals surface area contributed by atoms with Crippen LogP contribution in [0.3, 0.4) is 0 Å². The standard InChI is InChI=1S/C17H18N2/c1-14(12-15-8-4-2-5-9-15)19-17(13-18)16-10-6-3-7-11-16/h2-11,14,17,19H,12H2,1H3/t14-,17-/m1/s1. The predicted octanol–water partition coefficient (Wildman–Crippen LogP) is 3.47. The molecule has 0 aromatic heterocycles. The van der Waals surface area contributed by atoms with E-state index in [0.717, 1.165) is 12.0 Å². The fraction of sp³-hybridized carbons (Fsp3) is 0.235. The van der Waals surface area contributed by atoms with Gasteiger partial charge in [-0.25, -0.2) is 0 Å². The summed E-state index contributed by atoms with van der Waals surface area (Å²) in [4.78, 5) is 0. The maximum absolute atomic E-state index is 9.28. The summed E-state index contributed by atoms with van der Waals surface area (Å²) in [6, 6.07) is 22.5. The van der Waals surface area contributed by atoms with E-state index in [4.69, 9.17) is 0 Å². The van der Waals surface area contributed by atoms with E-state index in [9.17, 15) is 5.26 Å². The molecular formula is C17H18N2. The van der Waals surface area contributed by atoms with Crippen molar-refractivity contribution in [2.45, 2.75) is 25.4 Å². The summed E-state index contributed by atoms with van der Waals surface area (Å²) >= 11 is 0. The molecule has 0 aliphatic carbocycles. The molecule has 0 aliphatic rings. The average molecular weight is 250 g/mol. The molecule has 0 aliphatic heterocycles. The number of nitrogens with one attached hydrogen (secondary N) is 1.